The summed E-state index contributed by atoms with van der Waals surface area (Å²) >= 11 is 0. The summed E-state index contributed by atoms with van der Waals surface area (Å²) in [6, 6.07) is 2.51. The van der Waals surface area contributed by atoms with Crippen molar-refractivity contribution in [1.82, 2.24) is 4.98 Å². The van der Waals surface area contributed by atoms with Gasteiger partial charge in [0, 0.05) is 25.1 Å². The number of ether oxygens (including phenoxy) is 3. The first-order valence-electron chi connectivity index (χ1n) is 7.82. The van der Waals surface area contributed by atoms with Gasteiger partial charge < -0.3 is 14.2 Å². The minimum atomic E-state index is -2.35. The van der Waals surface area contributed by atoms with E-state index in [4.69, 9.17) is 9.47 Å². The molecule has 0 aliphatic carbocycles. The quantitative estimate of drug-likeness (QED) is 0.263. The third-order valence-electron chi connectivity index (χ3n) is 3.79. The maximum atomic E-state index is 13.6. The van der Waals surface area contributed by atoms with Crippen LogP contribution < -0.4 is 9.47 Å². The molecule has 0 atom stereocenters. The zero-order valence-corrected chi connectivity index (χ0v) is 13.6. The lowest BCUT2D eigenvalue weighted by Crippen LogP contribution is -2.26. The summed E-state index contributed by atoms with van der Waals surface area (Å²) in [5, 5.41) is 0. The third kappa shape index (κ3) is 4.00. The molecule has 1 aromatic heterocycles. The highest BCUT2D eigenvalue weighted by Crippen LogP contribution is 2.29. The Labute approximate surface area is 149 Å². The van der Waals surface area contributed by atoms with Gasteiger partial charge in [-0.05, 0) is 6.07 Å². The van der Waals surface area contributed by atoms with Crippen molar-refractivity contribution in [2.24, 2.45) is 0 Å². The first-order chi connectivity index (χ1) is 12.9. The van der Waals surface area contributed by atoms with Crippen LogP contribution >= 0.6 is 0 Å². The average Bonchev–Trinajstić information content (AvgIpc) is 2.69. The molecule has 1 aliphatic heterocycles. The van der Waals surface area contributed by atoms with Crippen LogP contribution in [-0.2, 0) is 4.74 Å². The molecule has 3 rings (SSSR count). The lowest BCUT2D eigenvalue weighted by atomic mass is 10.1. The fourth-order valence-corrected chi connectivity index (χ4v) is 2.36. The molecule has 2 aromatic rings. The number of rotatable bonds is 4. The van der Waals surface area contributed by atoms with E-state index in [0.717, 1.165) is 6.20 Å². The molecule has 0 bridgehead atoms. The number of nitrogens with zero attached hydrogens (tertiary/aromatic N) is 1. The van der Waals surface area contributed by atoms with Crippen LogP contribution in [0.25, 0.3) is 0 Å². The van der Waals surface area contributed by atoms with E-state index in [1.165, 1.54) is 12.1 Å². The summed E-state index contributed by atoms with van der Waals surface area (Å²) in [6.07, 6.45) is 2.25. The van der Waals surface area contributed by atoms with Crippen LogP contribution in [-0.4, -0.2) is 30.3 Å². The molecule has 0 unspecified atom stereocenters. The summed E-state index contributed by atoms with van der Waals surface area (Å²) in [5.41, 5.74) is -0.265. The molecular weight excluding hydrogens is 377 g/mol. The van der Waals surface area contributed by atoms with Crippen molar-refractivity contribution in [3.63, 3.8) is 0 Å². The first kappa shape index (κ1) is 19.0. The Morgan fingerprint density at radius 1 is 0.963 bits per heavy atom. The third-order valence-corrected chi connectivity index (χ3v) is 3.79. The lowest BCUT2D eigenvalue weighted by molar-refractivity contribution is 0.0237. The van der Waals surface area contributed by atoms with Crippen molar-refractivity contribution in [2.75, 3.05) is 13.2 Å². The zero-order valence-electron chi connectivity index (χ0n) is 13.6. The van der Waals surface area contributed by atoms with Crippen molar-refractivity contribution in [1.29, 1.82) is 0 Å². The van der Waals surface area contributed by atoms with Crippen molar-refractivity contribution in [3.05, 3.63) is 53.0 Å². The van der Waals surface area contributed by atoms with Crippen LogP contribution in [0.1, 0.15) is 23.2 Å². The molecule has 1 aromatic carbocycles. The second-order valence-electron chi connectivity index (χ2n) is 5.60. The molecule has 10 heteroatoms. The van der Waals surface area contributed by atoms with E-state index in [1.807, 2.05) is 0 Å². The van der Waals surface area contributed by atoms with Crippen molar-refractivity contribution in [3.8, 4) is 11.6 Å². The summed E-state index contributed by atoms with van der Waals surface area (Å²) in [4.78, 5) is 15.8. The van der Waals surface area contributed by atoms with E-state index in [0.29, 0.717) is 26.1 Å². The van der Waals surface area contributed by atoms with Crippen LogP contribution in [0.3, 0.4) is 0 Å². The van der Waals surface area contributed by atoms with Gasteiger partial charge in [0.05, 0.1) is 18.8 Å². The molecule has 144 valence electrons. The maximum absolute atomic E-state index is 13.6. The number of benzene rings is 1. The molecule has 0 amide bonds. The molecular formula is C17H12F5NO4. The van der Waals surface area contributed by atoms with E-state index >= 15 is 0 Å². The Hall–Kier alpha value is -2.75. The van der Waals surface area contributed by atoms with Gasteiger partial charge in [0.15, 0.2) is 0 Å². The second kappa shape index (κ2) is 7.87. The average molecular weight is 389 g/mol. The number of esters is 1. The van der Waals surface area contributed by atoms with Gasteiger partial charge in [-0.2, -0.15) is 8.78 Å². The molecule has 27 heavy (non-hydrogen) atoms. The smallest absolute Gasteiger partial charge is 0.345 e. The van der Waals surface area contributed by atoms with Crippen LogP contribution in [0.15, 0.2) is 18.3 Å². The van der Waals surface area contributed by atoms with Gasteiger partial charge in [-0.3, -0.25) is 0 Å². The number of hydrogen-bond donors (Lipinski definition) is 0. The Kier molecular flexibility index (Phi) is 5.54. The standard InChI is InChI=1S/C17H12F5NO4/c18-11-12(19)14(21)16(15(22)13(11)20)27-17(24)8-1-2-10(23-7-8)26-9-3-5-25-6-4-9/h1-2,7,9H,3-6H2. The lowest BCUT2D eigenvalue weighted by Gasteiger charge is -2.22. The summed E-state index contributed by atoms with van der Waals surface area (Å²) in [5.74, 6) is -14.1. The highest BCUT2D eigenvalue weighted by Gasteiger charge is 2.29. The van der Waals surface area contributed by atoms with E-state index < -0.39 is 40.8 Å². The predicted octanol–water partition coefficient (Wildman–Crippen LogP) is 3.55. The highest BCUT2D eigenvalue weighted by molar-refractivity contribution is 5.90. The summed E-state index contributed by atoms with van der Waals surface area (Å²) in [7, 11) is 0. The number of pyridine rings is 1. The van der Waals surface area contributed by atoms with Gasteiger partial charge in [-0.15, -0.1) is 0 Å². The number of carbonyl (C=O) groups excluding carboxylic acids is 1. The maximum Gasteiger partial charge on any atom is 0.345 e. The van der Waals surface area contributed by atoms with Crippen molar-refractivity contribution < 1.29 is 41.0 Å². The van der Waals surface area contributed by atoms with Gasteiger partial charge in [-0.25, -0.2) is 22.9 Å². The second-order valence-corrected chi connectivity index (χ2v) is 5.60. The van der Waals surface area contributed by atoms with Crippen molar-refractivity contribution in [2.45, 2.75) is 18.9 Å². The van der Waals surface area contributed by atoms with Gasteiger partial charge in [0.25, 0.3) is 0 Å². The number of hydrogen-bond acceptors (Lipinski definition) is 5. The van der Waals surface area contributed by atoms with E-state index in [1.54, 1.807) is 0 Å². The highest BCUT2D eigenvalue weighted by atomic mass is 19.2. The van der Waals surface area contributed by atoms with Gasteiger partial charge in [0.2, 0.25) is 40.7 Å². The largest absolute Gasteiger partial charge is 0.474 e. The van der Waals surface area contributed by atoms with Crippen molar-refractivity contribution >= 4 is 5.97 Å². The Bertz CT molecular complexity index is 824. The normalized spacial score (nSPS) is 14.9. The minimum absolute atomic E-state index is 0.0996. The molecule has 1 fully saturated rings. The monoisotopic (exact) mass is 389 g/mol. The van der Waals surface area contributed by atoms with Gasteiger partial charge in [-0.1, -0.05) is 0 Å². The molecule has 0 N–H and O–H groups in total. The topological polar surface area (TPSA) is 57.7 Å². The Morgan fingerprint density at radius 3 is 2.11 bits per heavy atom. The van der Waals surface area contributed by atoms with Crippen LogP contribution in [0.4, 0.5) is 22.0 Å². The number of aromatic nitrogens is 1. The minimum Gasteiger partial charge on any atom is -0.474 e. The van der Waals surface area contributed by atoms with Crippen LogP contribution in [0, 0.1) is 29.1 Å². The van der Waals surface area contributed by atoms with Gasteiger partial charge in [0.1, 0.15) is 6.10 Å². The fourth-order valence-electron chi connectivity index (χ4n) is 2.36. The Morgan fingerprint density at radius 2 is 1.56 bits per heavy atom. The van der Waals surface area contributed by atoms with E-state index in [9.17, 15) is 26.7 Å². The molecule has 0 saturated carbocycles. The molecule has 5 nitrogen and oxygen atoms in total. The molecule has 0 radical (unpaired) electrons. The number of carbonyl (C=O) groups is 1. The number of halogens is 5. The SMILES string of the molecule is O=C(Oc1c(F)c(F)c(F)c(F)c1F)c1ccc(OC2CCOCC2)nc1. The predicted molar refractivity (Wildman–Crippen MR) is 79.9 cm³/mol. The zero-order chi connectivity index (χ0) is 19.6. The fraction of sp³-hybridized carbons (Fsp3) is 0.294. The molecule has 1 aliphatic rings. The first-order valence-corrected chi connectivity index (χ1v) is 7.82. The van der Waals surface area contributed by atoms with Crippen LogP contribution in [0.5, 0.6) is 11.6 Å². The molecule has 0 spiro atoms. The molecule has 1 saturated heterocycles. The van der Waals surface area contributed by atoms with E-state index in [2.05, 4.69) is 9.72 Å². The summed E-state index contributed by atoms with van der Waals surface area (Å²) < 4.78 is 81.5. The Balaban J connectivity index is 1.73. The molecule has 2 heterocycles. The van der Waals surface area contributed by atoms with Gasteiger partial charge >= 0.3 is 5.97 Å². The van der Waals surface area contributed by atoms with E-state index in [-0.39, 0.29) is 17.5 Å². The summed E-state index contributed by atoms with van der Waals surface area (Å²) in [6.45, 7) is 1.11. The van der Waals surface area contributed by atoms with Crippen LogP contribution in [0.2, 0.25) is 0 Å².